The molecule has 1 aliphatic rings. The SMILES string of the molecule is c1ccc(C2CCn3c(-c4ccccn4)nnc32)cc1. The summed E-state index contributed by atoms with van der Waals surface area (Å²) in [5, 5.41) is 8.74. The number of benzene rings is 1. The Labute approximate surface area is 117 Å². The predicted octanol–water partition coefficient (Wildman–Crippen LogP) is 2.88. The molecule has 4 rings (SSSR count). The van der Waals surface area contributed by atoms with Gasteiger partial charge in [0.25, 0.3) is 0 Å². The molecule has 1 atom stereocenters. The molecule has 1 aromatic carbocycles. The molecule has 0 saturated heterocycles. The van der Waals surface area contributed by atoms with E-state index in [1.165, 1.54) is 5.56 Å². The summed E-state index contributed by atoms with van der Waals surface area (Å²) in [7, 11) is 0. The summed E-state index contributed by atoms with van der Waals surface area (Å²) >= 11 is 0. The van der Waals surface area contributed by atoms with Crippen molar-refractivity contribution in [2.24, 2.45) is 0 Å². The van der Waals surface area contributed by atoms with Crippen molar-refractivity contribution in [3.05, 3.63) is 66.1 Å². The average molecular weight is 262 g/mol. The molecular formula is C16H14N4. The first kappa shape index (κ1) is 11.3. The number of hydrogen-bond donors (Lipinski definition) is 0. The Kier molecular flexibility index (Phi) is 2.59. The zero-order valence-corrected chi connectivity index (χ0v) is 11.0. The summed E-state index contributed by atoms with van der Waals surface area (Å²) in [5.41, 5.74) is 2.20. The number of aromatic nitrogens is 4. The van der Waals surface area contributed by atoms with Crippen molar-refractivity contribution in [3.8, 4) is 11.5 Å². The van der Waals surface area contributed by atoms with E-state index in [4.69, 9.17) is 0 Å². The molecule has 2 aromatic heterocycles. The Bertz CT molecular complexity index is 719. The number of hydrogen-bond acceptors (Lipinski definition) is 3. The van der Waals surface area contributed by atoms with Gasteiger partial charge in [-0.25, -0.2) is 0 Å². The van der Waals surface area contributed by atoms with Gasteiger partial charge in [0.1, 0.15) is 11.5 Å². The predicted molar refractivity (Wildman–Crippen MR) is 76.2 cm³/mol. The van der Waals surface area contributed by atoms with Crippen LogP contribution >= 0.6 is 0 Å². The molecule has 0 aliphatic carbocycles. The molecular weight excluding hydrogens is 248 g/mol. The highest BCUT2D eigenvalue weighted by atomic mass is 15.3. The summed E-state index contributed by atoms with van der Waals surface area (Å²) in [4.78, 5) is 4.37. The second kappa shape index (κ2) is 4.56. The quantitative estimate of drug-likeness (QED) is 0.713. The molecule has 1 aliphatic heterocycles. The number of pyridine rings is 1. The van der Waals surface area contributed by atoms with Crippen LogP contribution in [0, 0.1) is 0 Å². The summed E-state index contributed by atoms with van der Waals surface area (Å²) in [6.45, 7) is 0.952. The summed E-state index contributed by atoms with van der Waals surface area (Å²) in [6.07, 6.45) is 2.87. The zero-order chi connectivity index (χ0) is 13.4. The normalized spacial score (nSPS) is 17.1. The fourth-order valence-electron chi connectivity index (χ4n) is 2.87. The first-order valence-corrected chi connectivity index (χ1v) is 6.83. The van der Waals surface area contributed by atoms with Gasteiger partial charge in [0.15, 0.2) is 5.82 Å². The van der Waals surface area contributed by atoms with E-state index in [0.29, 0.717) is 5.92 Å². The third-order valence-corrected chi connectivity index (χ3v) is 3.83. The second-order valence-corrected chi connectivity index (χ2v) is 5.00. The molecule has 3 aromatic rings. The lowest BCUT2D eigenvalue weighted by Gasteiger charge is -2.06. The van der Waals surface area contributed by atoms with Crippen molar-refractivity contribution in [3.63, 3.8) is 0 Å². The highest BCUT2D eigenvalue weighted by Gasteiger charge is 2.29. The fourth-order valence-corrected chi connectivity index (χ4v) is 2.87. The minimum absolute atomic E-state index is 0.348. The van der Waals surface area contributed by atoms with E-state index in [-0.39, 0.29) is 0 Å². The van der Waals surface area contributed by atoms with Crippen LogP contribution in [0.15, 0.2) is 54.7 Å². The standard InChI is InChI=1S/C16H14N4/c1-2-6-12(7-3-1)13-9-11-20-15(13)18-19-16(20)14-8-4-5-10-17-14/h1-8,10,13H,9,11H2. The number of nitrogens with zero attached hydrogens (tertiary/aromatic N) is 4. The second-order valence-electron chi connectivity index (χ2n) is 5.00. The lowest BCUT2D eigenvalue weighted by Crippen LogP contribution is -1.99. The highest BCUT2D eigenvalue weighted by molar-refractivity contribution is 5.50. The maximum Gasteiger partial charge on any atom is 0.182 e. The molecule has 3 heterocycles. The van der Waals surface area contributed by atoms with Gasteiger partial charge in [0, 0.05) is 18.7 Å². The van der Waals surface area contributed by atoms with E-state index in [9.17, 15) is 0 Å². The van der Waals surface area contributed by atoms with E-state index in [1.807, 2.05) is 24.3 Å². The van der Waals surface area contributed by atoms with Gasteiger partial charge in [-0.15, -0.1) is 10.2 Å². The molecule has 0 amide bonds. The van der Waals surface area contributed by atoms with Crippen LogP contribution in [0.1, 0.15) is 23.7 Å². The van der Waals surface area contributed by atoms with Crippen molar-refractivity contribution in [1.29, 1.82) is 0 Å². The molecule has 20 heavy (non-hydrogen) atoms. The molecule has 0 N–H and O–H groups in total. The van der Waals surface area contributed by atoms with Gasteiger partial charge < -0.3 is 4.57 Å². The van der Waals surface area contributed by atoms with Crippen LogP contribution in [0.5, 0.6) is 0 Å². The Hall–Kier alpha value is -2.49. The van der Waals surface area contributed by atoms with Crippen molar-refractivity contribution in [2.75, 3.05) is 0 Å². The Morgan fingerprint density at radius 1 is 0.950 bits per heavy atom. The van der Waals surface area contributed by atoms with Crippen LogP contribution in [0.4, 0.5) is 0 Å². The average Bonchev–Trinajstić information content (AvgIpc) is 3.10. The third kappa shape index (κ3) is 1.72. The lowest BCUT2D eigenvalue weighted by atomic mass is 9.98. The molecule has 0 saturated carbocycles. The smallest absolute Gasteiger partial charge is 0.182 e. The Morgan fingerprint density at radius 2 is 1.80 bits per heavy atom. The Morgan fingerprint density at radius 3 is 2.60 bits per heavy atom. The zero-order valence-electron chi connectivity index (χ0n) is 11.0. The van der Waals surface area contributed by atoms with E-state index >= 15 is 0 Å². The number of rotatable bonds is 2. The molecule has 0 radical (unpaired) electrons. The lowest BCUT2D eigenvalue weighted by molar-refractivity contribution is 0.712. The van der Waals surface area contributed by atoms with Gasteiger partial charge in [-0.05, 0) is 24.1 Å². The summed E-state index contributed by atoms with van der Waals surface area (Å²) in [5.74, 6) is 2.28. The summed E-state index contributed by atoms with van der Waals surface area (Å²) in [6, 6.07) is 16.4. The van der Waals surface area contributed by atoms with Crippen molar-refractivity contribution in [2.45, 2.75) is 18.9 Å². The van der Waals surface area contributed by atoms with Gasteiger partial charge in [0.05, 0.1) is 0 Å². The van der Waals surface area contributed by atoms with Crippen LogP contribution in [0.2, 0.25) is 0 Å². The van der Waals surface area contributed by atoms with Gasteiger partial charge >= 0.3 is 0 Å². The van der Waals surface area contributed by atoms with Crippen LogP contribution < -0.4 is 0 Å². The van der Waals surface area contributed by atoms with Crippen molar-refractivity contribution >= 4 is 0 Å². The summed E-state index contributed by atoms with van der Waals surface area (Å²) < 4.78 is 2.19. The molecule has 0 spiro atoms. The maximum absolute atomic E-state index is 4.40. The van der Waals surface area contributed by atoms with Crippen molar-refractivity contribution in [1.82, 2.24) is 19.7 Å². The largest absolute Gasteiger partial charge is 0.309 e. The van der Waals surface area contributed by atoms with Gasteiger partial charge in [-0.2, -0.15) is 0 Å². The Balaban J connectivity index is 1.77. The van der Waals surface area contributed by atoms with Crippen LogP contribution in [-0.4, -0.2) is 19.7 Å². The molecule has 1 unspecified atom stereocenters. The number of fused-ring (bicyclic) bond motifs is 1. The highest BCUT2D eigenvalue weighted by Crippen LogP contribution is 2.35. The first-order valence-electron chi connectivity index (χ1n) is 6.83. The monoisotopic (exact) mass is 262 g/mol. The molecule has 0 fully saturated rings. The van der Waals surface area contributed by atoms with Gasteiger partial charge in [-0.3, -0.25) is 4.98 Å². The molecule has 4 nitrogen and oxygen atoms in total. The molecule has 0 bridgehead atoms. The van der Waals surface area contributed by atoms with E-state index < -0.39 is 0 Å². The maximum atomic E-state index is 4.40. The third-order valence-electron chi connectivity index (χ3n) is 3.83. The van der Waals surface area contributed by atoms with E-state index in [1.54, 1.807) is 6.20 Å². The van der Waals surface area contributed by atoms with Crippen LogP contribution in [0.3, 0.4) is 0 Å². The fraction of sp³-hybridized carbons (Fsp3) is 0.188. The minimum Gasteiger partial charge on any atom is -0.309 e. The van der Waals surface area contributed by atoms with Gasteiger partial charge in [0.2, 0.25) is 0 Å². The minimum atomic E-state index is 0.348. The van der Waals surface area contributed by atoms with Gasteiger partial charge in [-0.1, -0.05) is 36.4 Å². The van der Waals surface area contributed by atoms with E-state index in [2.05, 4.69) is 44.0 Å². The van der Waals surface area contributed by atoms with Crippen LogP contribution in [-0.2, 0) is 6.54 Å². The molecule has 4 heteroatoms. The first-order chi connectivity index (χ1) is 9.93. The van der Waals surface area contributed by atoms with Crippen LogP contribution in [0.25, 0.3) is 11.5 Å². The van der Waals surface area contributed by atoms with E-state index in [0.717, 1.165) is 30.3 Å². The van der Waals surface area contributed by atoms with Crippen molar-refractivity contribution < 1.29 is 0 Å². The molecule has 98 valence electrons. The topological polar surface area (TPSA) is 43.6 Å².